The molecular weight excluding hydrogens is 192 g/mol. The van der Waals surface area contributed by atoms with E-state index in [1.54, 1.807) is 22.4 Å². The first-order valence-electron chi connectivity index (χ1n) is 3.60. The van der Waals surface area contributed by atoms with Crippen molar-refractivity contribution in [2.24, 2.45) is 0 Å². The van der Waals surface area contributed by atoms with E-state index in [-0.39, 0.29) is 5.56 Å². The molecule has 1 aromatic rings. The number of nitrogens with zero attached hydrogens (tertiary/aromatic N) is 2. The van der Waals surface area contributed by atoms with Gasteiger partial charge in [-0.3, -0.25) is 9.36 Å². The van der Waals surface area contributed by atoms with Gasteiger partial charge in [-0.1, -0.05) is 11.8 Å². The molecule has 0 saturated heterocycles. The van der Waals surface area contributed by atoms with Gasteiger partial charge in [-0.15, -0.1) is 11.8 Å². The van der Waals surface area contributed by atoms with Crippen LogP contribution in [-0.4, -0.2) is 21.6 Å². The van der Waals surface area contributed by atoms with Crippen molar-refractivity contribution in [3.63, 3.8) is 0 Å². The van der Waals surface area contributed by atoms with E-state index in [1.807, 2.05) is 6.26 Å². The summed E-state index contributed by atoms with van der Waals surface area (Å²) in [5.41, 5.74) is 0.0781. The molecule has 1 aliphatic rings. The average Bonchev–Trinajstić information content (AvgIpc) is 2.52. The lowest BCUT2D eigenvalue weighted by atomic mass is 10.6. The third-order valence-electron chi connectivity index (χ3n) is 1.70. The highest BCUT2D eigenvalue weighted by molar-refractivity contribution is 7.99. The van der Waals surface area contributed by atoms with Gasteiger partial charge in [0.2, 0.25) is 0 Å². The summed E-state index contributed by atoms with van der Waals surface area (Å²) in [5.74, 6) is 0.972. The van der Waals surface area contributed by atoms with E-state index in [1.165, 1.54) is 11.8 Å². The first-order chi connectivity index (χ1) is 5.81. The third kappa shape index (κ3) is 1.27. The minimum atomic E-state index is 0.0781. The first-order valence-corrected chi connectivity index (χ1v) is 5.81. The molecule has 0 aliphatic carbocycles. The molecule has 0 N–H and O–H groups in total. The second kappa shape index (κ2) is 3.14. The molecule has 0 bridgehead atoms. The van der Waals surface area contributed by atoms with Crippen molar-refractivity contribution in [2.45, 2.75) is 16.7 Å². The van der Waals surface area contributed by atoms with Crippen LogP contribution in [0.25, 0.3) is 0 Å². The smallest absolute Gasteiger partial charge is 0.255 e. The molecule has 0 fully saturated rings. The Morgan fingerprint density at radius 1 is 1.75 bits per heavy atom. The van der Waals surface area contributed by atoms with Crippen LogP contribution in [0, 0.1) is 0 Å². The molecule has 3 nitrogen and oxygen atoms in total. The van der Waals surface area contributed by atoms with Gasteiger partial charge in [0, 0.05) is 18.4 Å². The highest BCUT2D eigenvalue weighted by Gasteiger charge is 2.14. The van der Waals surface area contributed by atoms with Crippen LogP contribution < -0.4 is 5.56 Å². The Morgan fingerprint density at radius 2 is 2.58 bits per heavy atom. The van der Waals surface area contributed by atoms with Crippen LogP contribution in [0.5, 0.6) is 0 Å². The lowest BCUT2D eigenvalue weighted by Gasteiger charge is -2.01. The molecule has 0 radical (unpaired) electrons. The van der Waals surface area contributed by atoms with E-state index in [4.69, 9.17) is 0 Å². The van der Waals surface area contributed by atoms with E-state index in [2.05, 4.69) is 4.98 Å². The number of hydrogen-bond donors (Lipinski definition) is 0. The van der Waals surface area contributed by atoms with E-state index < -0.39 is 0 Å². The van der Waals surface area contributed by atoms with Crippen LogP contribution in [0.2, 0.25) is 0 Å². The van der Waals surface area contributed by atoms with Crippen LogP contribution in [0.4, 0.5) is 0 Å². The minimum absolute atomic E-state index is 0.0781. The van der Waals surface area contributed by atoms with Gasteiger partial charge in [-0.05, 0) is 6.26 Å². The number of fused-ring (bicyclic) bond motifs is 1. The molecule has 0 atom stereocenters. The van der Waals surface area contributed by atoms with Crippen LogP contribution >= 0.6 is 23.5 Å². The average molecular weight is 200 g/mol. The number of aromatic nitrogens is 2. The van der Waals surface area contributed by atoms with Crippen molar-refractivity contribution in [3.05, 3.63) is 16.4 Å². The van der Waals surface area contributed by atoms with Crippen molar-refractivity contribution in [3.8, 4) is 0 Å². The fourth-order valence-corrected chi connectivity index (χ4v) is 2.52. The summed E-state index contributed by atoms with van der Waals surface area (Å²) in [6.07, 6.45) is 1.93. The molecule has 0 unspecified atom stereocenters. The van der Waals surface area contributed by atoms with Crippen LogP contribution in [0.1, 0.15) is 0 Å². The summed E-state index contributed by atoms with van der Waals surface area (Å²) in [5, 5.41) is 1.69. The van der Waals surface area contributed by atoms with Crippen LogP contribution in [0.3, 0.4) is 0 Å². The summed E-state index contributed by atoms with van der Waals surface area (Å²) in [6, 6.07) is 1.60. The predicted octanol–water partition coefficient (Wildman–Crippen LogP) is 1.07. The maximum Gasteiger partial charge on any atom is 0.255 e. The van der Waals surface area contributed by atoms with E-state index >= 15 is 0 Å². The molecule has 12 heavy (non-hydrogen) atoms. The van der Waals surface area contributed by atoms with E-state index in [0.29, 0.717) is 0 Å². The van der Waals surface area contributed by atoms with E-state index in [9.17, 15) is 4.79 Å². The van der Waals surface area contributed by atoms with Crippen molar-refractivity contribution in [1.29, 1.82) is 0 Å². The molecule has 5 heteroatoms. The summed E-state index contributed by atoms with van der Waals surface area (Å²) < 4.78 is 1.73. The Bertz CT molecular complexity index is 361. The van der Waals surface area contributed by atoms with E-state index in [0.717, 1.165) is 22.5 Å². The quantitative estimate of drug-likeness (QED) is 0.386. The fraction of sp³-hybridized carbons (Fsp3) is 0.429. The topological polar surface area (TPSA) is 34.9 Å². The molecule has 0 aromatic carbocycles. The Labute approximate surface area is 78.6 Å². The van der Waals surface area contributed by atoms with Gasteiger partial charge in [0.25, 0.3) is 5.56 Å². The van der Waals surface area contributed by atoms with Gasteiger partial charge < -0.3 is 0 Å². The summed E-state index contributed by atoms with van der Waals surface area (Å²) >= 11 is 3.16. The molecular formula is C7H8N2OS2. The zero-order valence-corrected chi connectivity index (χ0v) is 8.24. The van der Waals surface area contributed by atoms with Gasteiger partial charge in [0.1, 0.15) is 5.03 Å². The minimum Gasteiger partial charge on any atom is -0.287 e. The predicted molar refractivity (Wildman–Crippen MR) is 51.0 cm³/mol. The normalized spacial score (nSPS) is 14.8. The Balaban J connectivity index is 2.59. The Hall–Kier alpha value is -0.420. The van der Waals surface area contributed by atoms with Gasteiger partial charge >= 0.3 is 0 Å². The monoisotopic (exact) mass is 200 g/mol. The van der Waals surface area contributed by atoms with Crippen LogP contribution in [0.15, 0.2) is 21.0 Å². The molecule has 0 saturated carbocycles. The summed E-state index contributed by atoms with van der Waals surface area (Å²) in [4.78, 5) is 15.7. The zero-order valence-electron chi connectivity index (χ0n) is 6.61. The summed E-state index contributed by atoms with van der Waals surface area (Å²) in [7, 11) is 0. The number of hydrogen-bond acceptors (Lipinski definition) is 4. The highest BCUT2D eigenvalue weighted by atomic mass is 32.2. The Morgan fingerprint density at radius 3 is 3.33 bits per heavy atom. The Kier molecular flexibility index (Phi) is 2.14. The number of thioether (sulfide) groups is 2. The standard InChI is InChI=1S/C7H8N2OS2/c1-11-5-4-6(10)9-2-3-12-7(9)8-5/h4H,2-3H2,1H3. The molecule has 1 aliphatic heterocycles. The maximum atomic E-state index is 11.4. The number of rotatable bonds is 1. The molecule has 0 spiro atoms. The maximum absolute atomic E-state index is 11.4. The van der Waals surface area contributed by atoms with Gasteiger partial charge in [-0.2, -0.15) is 0 Å². The summed E-state index contributed by atoms with van der Waals surface area (Å²) in [6.45, 7) is 0.806. The lowest BCUT2D eigenvalue weighted by Crippen LogP contribution is -2.19. The van der Waals surface area contributed by atoms with Crippen molar-refractivity contribution in [1.82, 2.24) is 9.55 Å². The third-order valence-corrected chi connectivity index (χ3v) is 3.29. The van der Waals surface area contributed by atoms with Crippen molar-refractivity contribution < 1.29 is 0 Å². The second-order valence-corrected chi connectivity index (χ2v) is 4.31. The molecule has 2 heterocycles. The first kappa shape index (κ1) is 8.19. The molecule has 2 rings (SSSR count). The van der Waals surface area contributed by atoms with Crippen molar-refractivity contribution in [2.75, 3.05) is 12.0 Å². The largest absolute Gasteiger partial charge is 0.287 e. The van der Waals surface area contributed by atoms with Gasteiger partial charge in [0.05, 0.1) is 0 Å². The SMILES string of the molecule is CSc1cc(=O)n2c(n1)SCC2. The zero-order chi connectivity index (χ0) is 8.55. The highest BCUT2D eigenvalue weighted by Crippen LogP contribution is 2.22. The molecule has 64 valence electrons. The van der Waals surface area contributed by atoms with Gasteiger partial charge in [-0.25, -0.2) is 4.98 Å². The lowest BCUT2D eigenvalue weighted by molar-refractivity contribution is 0.637. The molecule has 0 amide bonds. The van der Waals surface area contributed by atoms with Crippen LogP contribution in [-0.2, 0) is 6.54 Å². The van der Waals surface area contributed by atoms with Gasteiger partial charge in [0.15, 0.2) is 5.16 Å². The second-order valence-electron chi connectivity index (χ2n) is 2.42. The fourth-order valence-electron chi connectivity index (χ4n) is 1.11. The van der Waals surface area contributed by atoms with Crippen molar-refractivity contribution >= 4 is 23.5 Å². The molecule has 1 aromatic heterocycles.